The minimum absolute atomic E-state index is 0.368. The highest BCUT2D eigenvalue weighted by Crippen LogP contribution is 2.19. The van der Waals surface area contributed by atoms with Crippen molar-refractivity contribution in [3.05, 3.63) is 89.6 Å². The number of nitrogens with zero attached hydrogens (tertiary/aromatic N) is 4. The smallest absolute Gasteiger partial charge is 0.319 e. The lowest BCUT2D eigenvalue weighted by Crippen LogP contribution is -2.23. The van der Waals surface area contributed by atoms with E-state index in [4.69, 9.17) is 4.74 Å². The molecule has 1 heterocycles. The van der Waals surface area contributed by atoms with Crippen LogP contribution in [0.5, 0.6) is 5.75 Å². The Kier molecular flexibility index (Phi) is 4.07. The SMILES string of the molecule is COc1ccc(/C(n2nnc3ccccc32)=[N+](\[O-])c2ccccc2)cc1. The largest absolute Gasteiger partial charge is 0.710 e. The molecule has 128 valence electrons. The molecule has 0 aliphatic heterocycles. The van der Waals surface area contributed by atoms with E-state index in [9.17, 15) is 5.21 Å². The molecular formula is C20H16N4O2. The van der Waals surface area contributed by atoms with Gasteiger partial charge < -0.3 is 9.94 Å². The summed E-state index contributed by atoms with van der Waals surface area (Å²) in [4.78, 5) is 0. The first-order chi connectivity index (χ1) is 12.8. The molecule has 0 N–H and O–H groups in total. The van der Waals surface area contributed by atoms with Gasteiger partial charge in [-0.3, -0.25) is 0 Å². The van der Waals surface area contributed by atoms with Crippen molar-refractivity contribution in [2.24, 2.45) is 0 Å². The van der Waals surface area contributed by atoms with E-state index >= 15 is 0 Å². The quantitative estimate of drug-likeness (QED) is 0.187. The monoisotopic (exact) mass is 344 g/mol. The van der Waals surface area contributed by atoms with Crippen LogP contribution < -0.4 is 4.74 Å². The average molecular weight is 344 g/mol. The van der Waals surface area contributed by atoms with Crippen molar-refractivity contribution >= 4 is 22.6 Å². The first-order valence-electron chi connectivity index (χ1n) is 8.12. The fourth-order valence-electron chi connectivity index (χ4n) is 2.78. The first kappa shape index (κ1) is 15.8. The fourth-order valence-corrected chi connectivity index (χ4v) is 2.78. The van der Waals surface area contributed by atoms with Crippen LogP contribution in [0.15, 0.2) is 78.9 Å². The van der Waals surface area contributed by atoms with E-state index in [0.29, 0.717) is 22.8 Å². The Morgan fingerprint density at radius 2 is 1.62 bits per heavy atom. The molecule has 4 rings (SSSR count). The summed E-state index contributed by atoms with van der Waals surface area (Å²) in [6.07, 6.45) is 0. The first-order valence-corrected chi connectivity index (χ1v) is 8.12. The highest BCUT2D eigenvalue weighted by molar-refractivity contribution is 6.01. The number of benzene rings is 3. The predicted octanol–water partition coefficient (Wildman–Crippen LogP) is 3.58. The van der Waals surface area contributed by atoms with Gasteiger partial charge in [-0.1, -0.05) is 35.0 Å². The normalized spacial score (nSPS) is 12.0. The molecule has 0 unspecified atom stereocenters. The second-order valence-electron chi connectivity index (χ2n) is 5.67. The van der Waals surface area contributed by atoms with Gasteiger partial charge in [-0.15, -0.1) is 5.10 Å². The number of methoxy groups -OCH3 is 1. The minimum Gasteiger partial charge on any atom is -0.710 e. The third-order valence-electron chi connectivity index (χ3n) is 4.08. The Balaban J connectivity index is 1.98. The summed E-state index contributed by atoms with van der Waals surface area (Å²) in [5, 5.41) is 21.6. The van der Waals surface area contributed by atoms with E-state index in [1.807, 2.05) is 66.7 Å². The molecule has 0 aliphatic rings. The van der Waals surface area contributed by atoms with Crippen molar-refractivity contribution in [3.63, 3.8) is 0 Å². The van der Waals surface area contributed by atoms with Crippen LogP contribution in [0, 0.1) is 5.21 Å². The van der Waals surface area contributed by atoms with E-state index < -0.39 is 0 Å². The van der Waals surface area contributed by atoms with Crippen molar-refractivity contribution in [2.45, 2.75) is 0 Å². The molecule has 0 spiro atoms. The Morgan fingerprint density at radius 1 is 0.923 bits per heavy atom. The fraction of sp³-hybridized carbons (Fsp3) is 0.0500. The molecule has 0 aliphatic carbocycles. The van der Waals surface area contributed by atoms with Crippen LogP contribution in [-0.4, -0.2) is 32.7 Å². The maximum absolute atomic E-state index is 13.2. The van der Waals surface area contributed by atoms with Gasteiger partial charge in [0.25, 0.3) is 0 Å². The van der Waals surface area contributed by atoms with E-state index in [1.165, 1.54) is 0 Å². The average Bonchev–Trinajstić information content (AvgIpc) is 3.13. The van der Waals surface area contributed by atoms with Crippen molar-refractivity contribution in [3.8, 4) is 5.75 Å². The number of para-hydroxylation sites is 2. The molecule has 4 aromatic rings. The Morgan fingerprint density at radius 3 is 2.35 bits per heavy atom. The molecule has 0 radical (unpaired) electrons. The van der Waals surface area contributed by atoms with Crippen LogP contribution in [0.4, 0.5) is 5.69 Å². The molecule has 0 bridgehead atoms. The van der Waals surface area contributed by atoms with Gasteiger partial charge in [0.15, 0.2) is 5.52 Å². The number of rotatable bonds is 3. The lowest BCUT2D eigenvalue weighted by Gasteiger charge is -2.14. The van der Waals surface area contributed by atoms with Gasteiger partial charge in [0, 0.05) is 5.21 Å². The molecule has 0 saturated heterocycles. The number of aromatic nitrogens is 3. The highest BCUT2D eigenvalue weighted by Gasteiger charge is 2.22. The number of ether oxygens (including phenoxy) is 1. The van der Waals surface area contributed by atoms with E-state index in [1.54, 1.807) is 23.9 Å². The molecule has 26 heavy (non-hydrogen) atoms. The number of hydrogen-bond donors (Lipinski definition) is 0. The maximum Gasteiger partial charge on any atom is 0.319 e. The summed E-state index contributed by atoms with van der Waals surface area (Å²) in [6.45, 7) is 0. The zero-order valence-electron chi connectivity index (χ0n) is 14.1. The zero-order valence-corrected chi connectivity index (χ0v) is 14.1. The van der Waals surface area contributed by atoms with Crippen molar-refractivity contribution in [1.82, 2.24) is 15.0 Å². The highest BCUT2D eigenvalue weighted by atomic mass is 16.5. The second-order valence-corrected chi connectivity index (χ2v) is 5.67. The van der Waals surface area contributed by atoms with Crippen LogP contribution in [0.3, 0.4) is 0 Å². The Bertz CT molecular complexity index is 1070. The van der Waals surface area contributed by atoms with Gasteiger partial charge >= 0.3 is 5.84 Å². The lowest BCUT2D eigenvalue weighted by atomic mass is 10.2. The van der Waals surface area contributed by atoms with Crippen LogP contribution in [0.1, 0.15) is 5.56 Å². The third kappa shape index (κ3) is 2.77. The van der Waals surface area contributed by atoms with Gasteiger partial charge in [-0.05, 0) is 48.5 Å². The van der Waals surface area contributed by atoms with Gasteiger partial charge in [0.05, 0.1) is 12.7 Å². The number of fused-ring (bicyclic) bond motifs is 1. The summed E-state index contributed by atoms with van der Waals surface area (Å²) in [7, 11) is 1.61. The second kappa shape index (κ2) is 6.68. The maximum atomic E-state index is 13.2. The summed E-state index contributed by atoms with van der Waals surface area (Å²) in [5.74, 6) is 1.08. The minimum atomic E-state index is 0.368. The predicted molar refractivity (Wildman–Crippen MR) is 99.8 cm³/mol. The Labute approximate surface area is 150 Å². The lowest BCUT2D eigenvalue weighted by molar-refractivity contribution is -0.363. The van der Waals surface area contributed by atoms with Crippen LogP contribution in [-0.2, 0) is 0 Å². The summed E-state index contributed by atoms with van der Waals surface area (Å²) < 4.78 is 7.65. The molecule has 0 atom stereocenters. The van der Waals surface area contributed by atoms with Gasteiger partial charge in [-0.25, -0.2) is 4.74 Å². The molecule has 6 nitrogen and oxygen atoms in total. The van der Waals surface area contributed by atoms with Crippen molar-refractivity contribution < 1.29 is 9.48 Å². The standard InChI is InChI=1S/C20H16N4O2/c1-26-17-13-11-15(12-14-17)20(24(25)16-7-3-2-4-8-16)23-19-10-6-5-9-18(19)21-22-23/h2-14H,1H3/b24-20+. The summed E-state index contributed by atoms with van der Waals surface area (Å²) >= 11 is 0. The van der Waals surface area contributed by atoms with Gasteiger partial charge in [0.2, 0.25) is 0 Å². The molecule has 3 aromatic carbocycles. The number of hydrogen-bond acceptors (Lipinski definition) is 4. The molecule has 0 fully saturated rings. The molecule has 0 amide bonds. The summed E-state index contributed by atoms with van der Waals surface area (Å²) in [6, 6.07) is 23.9. The molecular weight excluding hydrogens is 328 g/mol. The zero-order chi connectivity index (χ0) is 17.9. The van der Waals surface area contributed by atoms with E-state index in [2.05, 4.69) is 10.3 Å². The van der Waals surface area contributed by atoms with Gasteiger partial charge in [0.1, 0.15) is 17.0 Å². The van der Waals surface area contributed by atoms with Crippen LogP contribution in [0.25, 0.3) is 11.0 Å². The van der Waals surface area contributed by atoms with Crippen LogP contribution in [0.2, 0.25) is 0 Å². The van der Waals surface area contributed by atoms with Gasteiger partial charge in [-0.2, -0.15) is 0 Å². The van der Waals surface area contributed by atoms with Crippen molar-refractivity contribution in [2.75, 3.05) is 7.11 Å². The third-order valence-corrected chi connectivity index (χ3v) is 4.08. The van der Waals surface area contributed by atoms with Crippen LogP contribution >= 0.6 is 0 Å². The topological polar surface area (TPSA) is 66.0 Å². The Hall–Kier alpha value is -3.67. The van der Waals surface area contributed by atoms with Crippen molar-refractivity contribution in [1.29, 1.82) is 0 Å². The molecule has 6 heteroatoms. The molecule has 1 aromatic heterocycles. The van der Waals surface area contributed by atoms with E-state index in [-0.39, 0.29) is 0 Å². The summed E-state index contributed by atoms with van der Waals surface area (Å²) in [5.41, 5.74) is 2.70. The van der Waals surface area contributed by atoms with E-state index in [0.717, 1.165) is 15.8 Å². The molecule has 0 saturated carbocycles.